The smallest absolute Gasteiger partial charge is 0.435 e. The zero-order valence-corrected chi connectivity index (χ0v) is 22.3. The molecule has 8 nitrogen and oxygen atoms in total. The van der Waals surface area contributed by atoms with Crippen molar-refractivity contribution in [1.82, 2.24) is 20.0 Å². The lowest BCUT2D eigenvalue weighted by molar-refractivity contribution is -0.141. The molecule has 0 aliphatic carbocycles. The number of alkyl carbamates (subject to hydrolysis) is 1. The maximum absolute atomic E-state index is 14.0. The number of hydrogen-bond donors (Lipinski definition) is 1. The summed E-state index contributed by atoms with van der Waals surface area (Å²) in [7, 11) is 1.43. The highest BCUT2D eigenvalue weighted by molar-refractivity contribution is 7.12. The molecule has 2 atom stereocenters. The number of nitrogens with zero attached hydrogens (tertiary/aromatic N) is 4. The highest BCUT2D eigenvalue weighted by atomic mass is 32.1. The van der Waals surface area contributed by atoms with Gasteiger partial charge in [-0.05, 0) is 42.7 Å². The standard InChI is InChI=1S/C27H26F3N5O3S/c1-4-35-14-22(25(33-35)27(28,29)30)19-8-6-5-7-18(19)21-13-34(15-23-20(21)11-17(12-31)39-23)24(36)10-9-16(2)38-26(37)32-3/h5-11,14,16,21H,4,13,15H2,1-3H3,(H,32,37)/b10-9+/t16-,21-/m0/s1. The quantitative estimate of drug-likeness (QED) is 0.415. The van der Waals surface area contributed by atoms with Crippen LogP contribution in [-0.4, -0.2) is 46.4 Å². The summed E-state index contributed by atoms with van der Waals surface area (Å²) in [5, 5.41) is 15.6. The molecule has 39 heavy (non-hydrogen) atoms. The van der Waals surface area contributed by atoms with Gasteiger partial charge >= 0.3 is 12.3 Å². The largest absolute Gasteiger partial charge is 0.442 e. The van der Waals surface area contributed by atoms with Crippen molar-refractivity contribution in [3.8, 4) is 17.2 Å². The Balaban J connectivity index is 1.75. The van der Waals surface area contributed by atoms with Crippen LogP contribution in [0.3, 0.4) is 0 Å². The minimum absolute atomic E-state index is 0.0410. The van der Waals surface area contributed by atoms with Crippen LogP contribution >= 0.6 is 11.3 Å². The molecule has 0 saturated heterocycles. The number of halogens is 3. The third-order valence-electron chi connectivity index (χ3n) is 6.36. The first-order valence-corrected chi connectivity index (χ1v) is 13.0. The van der Waals surface area contributed by atoms with Crippen LogP contribution < -0.4 is 5.32 Å². The number of thiophene rings is 1. The number of hydrogen-bond acceptors (Lipinski definition) is 6. The van der Waals surface area contributed by atoms with E-state index in [0.717, 1.165) is 10.4 Å². The summed E-state index contributed by atoms with van der Waals surface area (Å²) < 4.78 is 48.2. The molecule has 204 valence electrons. The molecule has 12 heteroatoms. The maximum atomic E-state index is 14.0. The Labute approximate surface area is 227 Å². The van der Waals surface area contributed by atoms with Gasteiger partial charge in [0.2, 0.25) is 5.91 Å². The topological polar surface area (TPSA) is 100 Å². The highest BCUT2D eigenvalue weighted by Gasteiger charge is 2.39. The molecule has 0 saturated carbocycles. The second-order valence-electron chi connectivity index (χ2n) is 8.92. The zero-order chi connectivity index (χ0) is 28.3. The molecule has 0 unspecified atom stereocenters. The van der Waals surface area contributed by atoms with Crippen molar-refractivity contribution in [2.24, 2.45) is 0 Å². The SMILES string of the molecule is CCn1cc(-c2ccccc2[C@@H]2CN(C(=O)/C=C/[C@H](C)OC(=O)NC)Cc3sc(C#N)cc32)c(C(F)(F)F)n1. The second-order valence-corrected chi connectivity index (χ2v) is 10.1. The number of aromatic nitrogens is 2. The van der Waals surface area contributed by atoms with E-state index in [4.69, 9.17) is 4.74 Å². The van der Waals surface area contributed by atoms with Gasteiger partial charge in [-0.25, -0.2) is 4.79 Å². The fraction of sp³-hybridized carbons (Fsp3) is 0.333. The van der Waals surface area contributed by atoms with Gasteiger partial charge in [-0.3, -0.25) is 9.48 Å². The number of carbonyl (C=O) groups is 2. The van der Waals surface area contributed by atoms with Gasteiger partial charge in [0.25, 0.3) is 0 Å². The van der Waals surface area contributed by atoms with Crippen molar-refractivity contribution < 1.29 is 27.5 Å². The number of rotatable bonds is 6. The minimum Gasteiger partial charge on any atom is -0.442 e. The lowest BCUT2D eigenvalue weighted by Crippen LogP contribution is -2.37. The first-order chi connectivity index (χ1) is 18.5. The Morgan fingerprint density at radius 2 is 2.05 bits per heavy atom. The highest BCUT2D eigenvalue weighted by Crippen LogP contribution is 2.44. The van der Waals surface area contributed by atoms with E-state index >= 15 is 0 Å². The number of benzene rings is 1. The molecule has 1 aromatic carbocycles. The maximum Gasteiger partial charge on any atom is 0.435 e. The van der Waals surface area contributed by atoms with Crippen molar-refractivity contribution in [1.29, 1.82) is 5.26 Å². The fourth-order valence-electron chi connectivity index (χ4n) is 4.53. The van der Waals surface area contributed by atoms with Crippen LogP contribution in [0.1, 0.15) is 46.3 Å². The Hall–Kier alpha value is -4.11. The van der Waals surface area contributed by atoms with Gasteiger partial charge in [0, 0.05) is 48.8 Å². The van der Waals surface area contributed by atoms with E-state index in [9.17, 15) is 28.0 Å². The van der Waals surface area contributed by atoms with Gasteiger partial charge in [-0.2, -0.15) is 23.5 Å². The summed E-state index contributed by atoms with van der Waals surface area (Å²) >= 11 is 1.25. The zero-order valence-electron chi connectivity index (χ0n) is 21.5. The van der Waals surface area contributed by atoms with Gasteiger partial charge in [-0.1, -0.05) is 24.3 Å². The van der Waals surface area contributed by atoms with Crippen molar-refractivity contribution in [3.63, 3.8) is 0 Å². The summed E-state index contributed by atoms with van der Waals surface area (Å²) in [6.45, 7) is 4.02. The molecule has 3 heterocycles. The third kappa shape index (κ3) is 5.98. The molecular formula is C27H26F3N5O3S. The van der Waals surface area contributed by atoms with E-state index in [0.29, 0.717) is 16.0 Å². The van der Waals surface area contributed by atoms with Crippen molar-refractivity contribution in [3.05, 3.63) is 75.3 Å². The van der Waals surface area contributed by atoms with Crippen LogP contribution in [0.25, 0.3) is 11.1 Å². The van der Waals surface area contributed by atoms with Crippen LogP contribution in [-0.2, 0) is 28.8 Å². The van der Waals surface area contributed by atoms with Gasteiger partial charge < -0.3 is 15.0 Å². The second kappa shape index (κ2) is 11.3. The van der Waals surface area contributed by atoms with Crippen molar-refractivity contribution in [2.75, 3.05) is 13.6 Å². The summed E-state index contributed by atoms with van der Waals surface area (Å²) in [5.74, 6) is -0.830. The predicted molar refractivity (Wildman–Crippen MR) is 139 cm³/mol. The number of nitrogens with one attached hydrogen (secondary N) is 1. The van der Waals surface area contributed by atoms with Crippen LogP contribution in [0.15, 0.2) is 48.7 Å². The fourth-order valence-corrected chi connectivity index (χ4v) is 5.57. The number of nitriles is 1. The summed E-state index contributed by atoms with van der Waals surface area (Å²) in [6, 6.07) is 10.7. The van der Waals surface area contributed by atoms with Gasteiger partial charge in [0.15, 0.2) is 5.69 Å². The van der Waals surface area contributed by atoms with Crippen LogP contribution in [0.5, 0.6) is 0 Å². The molecule has 3 aromatic rings. The minimum atomic E-state index is -4.66. The molecule has 2 amide bonds. The van der Waals surface area contributed by atoms with E-state index in [-0.39, 0.29) is 31.1 Å². The molecule has 1 aliphatic rings. The monoisotopic (exact) mass is 557 g/mol. The Morgan fingerprint density at radius 3 is 2.72 bits per heavy atom. The third-order valence-corrected chi connectivity index (χ3v) is 7.40. The molecule has 2 aromatic heterocycles. The van der Waals surface area contributed by atoms with Crippen molar-refractivity contribution in [2.45, 2.75) is 45.1 Å². The van der Waals surface area contributed by atoms with Gasteiger partial charge in [0.05, 0.1) is 6.54 Å². The molecule has 4 rings (SSSR count). The molecular weight excluding hydrogens is 531 g/mol. The molecule has 1 aliphatic heterocycles. The predicted octanol–water partition coefficient (Wildman–Crippen LogP) is 5.30. The number of fused-ring (bicyclic) bond motifs is 1. The first kappa shape index (κ1) is 27.9. The normalized spacial score (nSPS) is 16.0. The Bertz CT molecular complexity index is 1450. The van der Waals surface area contributed by atoms with Crippen LogP contribution in [0.4, 0.5) is 18.0 Å². The summed E-state index contributed by atoms with van der Waals surface area (Å²) in [5.41, 5.74) is 0.755. The summed E-state index contributed by atoms with van der Waals surface area (Å²) in [6.07, 6.45) is -1.79. The lowest BCUT2D eigenvalue weighted by Gasteiger charge is -2.33. The summed E-state index contributed by atoms with van der Waals surface area (Å²) in [4.78, 5) is 27.4. The number of ether oxygens (including phenoxy) is 1. The molecule has 0 fully saturated rings. The number of aryl methyl sites for hydroxylation is 1. The first-order valence-electron chi connectivity index (χ1n) is 12.2. The van der Waals surface area contributed by atoms with E-state index in [2.05, 4.69) is 16.5 Å². The van der Waals surface area contributed by atoms with Crippen LogP contribution in [0, 0.1) is 11.3 Å². The lowest BCUT2D eigenvalue weighted by atomic mass is 9.83. The Kier molecular flexibility index (Phi) is 8.11. The van der Waals surface area contributed by atoms with Gasteiger partial charge in [0.1, 0.15) is 17.1 Å². The van der Waals surface area contributed by atoms with E-state index in [1.807, 2.05) is 0 Å². The molecule has 1 N–H and O–H groups in total. The molecule has 0 radical (unpaired) electrons. The van der Waals surface area contributed by atoms with E-state index in [1.54, 1.807) is 49.1 Å². The average Bonchev–Trinajstić information content (AvgIpc) is 3.55. The van der Waals surface area contributed by atoms with Gasteiger partial charge in [-0.15, -0.1) is 11.3 Å². The molecule has 0 bridgehead atoms. The number of carbonyl (C=O) groups excluding carboxylic acids is 2. The number of amides is 2. The van der Waals surface area contributed by atoms with E-state index in [1.165, 1.54) is 41.4 Å². The van der Waals surface area contributed by atoms with Crippen molar-refractivity contribution >= 4 is 23.3 Å². The van der Waals surface area contributed by atoms with Crippen LogP contribution in [0.2, 0.25) is 0 Å². The number of alkyl halides is 3. The van der Waals surface area contributed by atoms with E-state index < -0.39 is 30.0 Å². The molecule has 0 spiro atoms. The average molecular weight is 558 g/mol. The Morgan fingerprint density at radius 1 is 1.31 bits per heavy atom.